The molecule has 0 unspecified atom stereocenters. The molecule has 1 aromatic heterocycles. The molecular formula is C16H15NO2S. The third kappa shape index (κ3) is 2.02. The molecule has 0 atom stereocenters. The van der Waals surface area contributed by atoms with Crippen LogP contribution in [-0.2, 0) is 10.0 Å². The van der Waals surface area contributed by atoms with Gasteiger partial charge >= 0.3 is 0 Å². The number of aryl methyl sites for hydroxylation is 2. The van der Waals surface area contributed by atoms with Gasteiger partial charge in [0, 0.05) is 11.6 Å². The first-order chi connectivity index (χ1) is 9.48. The van der Waals surface area contributed by atoms with Crippen molar-refractivity contribution >= 4 is 20.9 Å². The van der Waals surface area contributed by atoms with Gasteiger partial charge in [-0.3, -0.25) is 0 Å². The van der Waals surface area contributed by atoms with Crippen molar-refractivity contribution in [1.82, 2.24) is 3.97 Å². The fourth-order valence-electron chi connectivity index (χ4n) is 2.25. The summed E-state index contributed by atoms with van der Waals surface area (Å²) in [5, 5.41) is 0.922. The molecule has 0 amide bonds. The van der Waals surface area contributed by atoms with Gasteiger partial charge in [-0.2, -0.15) is 0 Å². The molecule has 0 bridgehead atoms. The maximum atomic E-state index is 12.7. The minimum atomic E-state index is -3.54. The number of benzene rings is 2. The van der Waals surface area contributed by atoms with Crippen molar-refractivity contribution in [1.29, 1.82) is 0 Å². The third-order valence-electron chi connectivity index (χ3n) is 3.39. The highest BCUT2D eigenvalue weighted by Gasteiger charge is 2.18. The lowest BCUT2D eigenvalue weighted by Crippen LogP contribution is -2.11. The summed E-state index contributed by atoms with van der Waals surface area (Å²) in [7, 11) is -3.54. The van der Waals surface area contributed by atoms with Crippen molar-refractivity contribution in [3.8, 4) is 0 Å². The number of rotatable bonds is 2. The van der Waals surface area contributed by atoms with Crippen molar-refractivity contribution in [2.75, 3.05) is 0 Å². The minimum absolute atomic E-state index is 0.308. The maximum Gasteiger partial charge on any atom is 0.268 e. The van der Waals surface area contributed by atoms with Crippen LogP contribution in [-0.4, -0.2) is 12.4 Å². The Morgan fingerprint density at radius 1 is 0.850 bits per heavy atom. The van der Waals surface area contributed by atoms with Crippen molar-refractivity contribution in [3.63, 3.8) is 0 Å². The van der Waals surface area contributed by atoms with E-state index < -0.39 is 10.0 Å². The highest BCUT2D eigenvalue weighted by Crippen LogP contribution is 2.23. The van der Waals surface area contributed by atoms with Crippen LogP contribution < -0.4 is 0 Å². The van der Waals surface area contributed by atoms with E-state index in [1.165, 1.54) is 3.97 Å². The molecule has 0 spiro atoms. The highest BCUT2D eigenvalue weighted by atomic mass is 32.2. The Balaban J connectivity index is 2.23. The van der Waals surface area contributed by atoms with Gasteiger partial charge in [0.15, 0.2) is 0 Å². The van der Waals surface area contributed by atoms with E-state index in [0.29, 0.717) is 10.4 Å². The SMILES string of the molecule is Cc1ccc(S(=O)(=O)n2ccc3ccc(C)cc32)cc1. The lowest BCUT2D eigenvalue weighted by atomic mass is 10.2. The zero-order chi connectivity index (χ0) is 14.3. The molecule has 102 valence electrons. The second-order valence-electron chi connectivity index (χ2n) is 4.99. The Hall–Kier alpha value is -2.07. The Morgan fingerprint density at radius 3 is 2.20 bits per heavy atom. The standard InChI is InChI=1S/C16H15NO2S/c1-12-4-7-15(8-5-12)20(18,19)17-10-9-14-6-3-13(2)11-16(14)17/h3-11H,1-2H3. The van der Waals surface area contributed by atoms with Crippen LogP contribution in [0.3, 0.4) is 0 Å². The molecule has 2 aromatic carbocycles. The largest absolute Gasteiger partial charge is 0.268 e. The molecule has 20 heavy (non-hydrogen) atoms. The average molecular weight is 285 g/mol. The molecule has 0 radical (unpaired) electrons. The summed E-state index contributed by atoms with van der Waals surface area (Å²) >= 11 is 0. The zero-order valence-corrected chi connectivity index (χ0v) is 12.2. The topological polar surface area (TPSA) is 39.1 Å². The lowest BCUT2D eigenvalue weighted by molar-refractivity contribution is 0.589. The van der Waals surface area contributed by atoms with Gasteiger partial charge in [-0.1, -0.05) is 29.8 Å². The van der Waals surface area contributed by atoms with Crippen molar-refractivity contribution in [2.45, 2.75) is 18.7 Å². The molecule has 0 saturated heterocycles. The van der Waals surface area contributed by atoms with Crippen LogP contribution >= 0.6 is 0 Å². The van der Waals surface area contributed by atoms with Gasteiger partial charge in [0.05, 0.1) is 10.4 Å². The van der Waals surface area contributed by atoms with E-state index in [1.807, 2.05) is 50.2 Å². The van der Waals surface area contributed by atoms with Crippen LogP contribution in [0.5, 0.6) is 0 Å². The summed E-state index contributed by atoms with van der Waals surface area (Å²) in [5.41, 5.74) is 2.79. The molecule has 1 heterocycles. The number of hydrogen-bond acceptors (Lipinski definition) is 2. The van der Waals surface area contributed by atoms with Gasteiger partial charge in [0.1, 0.15) is 0 Å². The smallest absolute Gasteiger partial charge is 0.241 e. The fraction of sp³-hybridized carbons (Fsp3) is 0.125. The second-order valence-corrected chi connectivity index (χ2v) is 6.81. The molecule has 3 rings (SSSR count). The molecule has 0 N–H and O–H groups in total. The predicted molar refractivity (Wildman–Crippen MR) is 80.4 cm³/mol. The van der Waals surface area contributed by atoms with Crippen molar-refractivity contribution in [2.24, 2.45) is 0 Å². The monoisotopic (exact) mass is 285 g/mol. The molecular weight excluding hydrogens is 270 g/mol. The van der Waals surface area contributed by atoms with Crippen LogP contribution in [0.25, 0.3) is 10.9 Å². The van der Waals surface area contributed by atoms with E-state index in [4.69, 9.17) is 0 Å². The van der Waals surface area contributed by atoms with E-state index in [-0.39, 0.29) is 0 Å². The quantitative estimate of drug-likeness (QED) is 0.723. The molecule has 0 fully saturated rings. The summed E-state index contributed by atoms with van der Waals surface area (Å²) in [6, 6.07) is 14.5. The third-order valence-corrected chi connectivity index (χ3v) is 5.09. The average Bonchev–Trinajstić information content (AvgIpc) is 2.82. The first-order valence-corrected chi connectivity index (χ1v) is 7.82. The van der Waals surface area contributed by atoms with Crippen LogP contribution in [0.1, 0.15) is 11.1 Å². The number of aromatic nitrogens is 1. The molecule has 3 nitrogen and oxygen atoms in total. The van der Waals surface area contributed by atoms with E-state index in [2.05, 4.69) is 0 Å². The van der Waals surface area contributed by atoms with Gasteiger partial charge in [-0.05, 0) is 43.7 Å². The van der Waals surface area contributed by atoms with E-state index in [1.54, 1.807) is 18.3 Å². The van der Waals surface area contributed by atoms with Gasteiger partial charge in [0.2, 0.25) is 0 Å². The van der Waals surface area contributed by atoms with Crippen molar-refractivity contribution in [3.05, 3.63) is 65.9 Å². The van der Waals surface area contributed by atoms with Crippen LogP contribution in [0.4, 0.5) is 0 Å². The normalized spacial score (nSPS) is 11.9. The van der Waals surface area contributed by atoms with Crippen LogP contribution in [0, 0.1) is 13.8 Å². The molecule has 3 aromatic rings. The van der Waals surface area contributed by atoms with E-state index >= 15 is 0 Å². The molecule has 0 aliphatic heterocycles. The van der Waals surface area contributed by atoms with E-state index in [9.17, 15) is 8.42 Å². The molecule has 0 aliphatic rings. The van der Waals surface area contributed by atoms with Gasteiger partial charge in [-0.15, -0.1) is 0 Å². The summed E-state index contributed by atoms with van der Waals surface area (Å²) < 4.78 is 26.7. The number of fused-ring (bicyclic) bond motifs is 1. The van der Waals surface area contributed by atoms with Crippen LogP contribution in [0.15, 0.2) is 59.6 Å². The number of nitrogens with zero attached hydrogens (tertiary/aromatic N) is 1. The molecule has 0 saturated carbocycles. The zero-order valence-electron chi connectivity index (χ0n) is 11.4. The Labute approximate surface area is 118 Å². The first-order valence-electron chi connectivity index (χ1n) is 6.38. The predicted octanol–water partition coefficient (Wildman–Crippen LogP) is 3.50. The Kier molecular flexibility index (Phi) is 2.91. The number of hydrogen-bond donors (Lipinski definition) is 0. The molecule has 0 aliphatic carbocycles. The van der Waals surface area contributed by atoms with Gasteiger partial charge < -0.3 is 0 Å². The Bertz CT molecular complexity index is 874. The molecule has 4 heteroatoms. The summed E-state index contributed by atoms with van der Waals surface area (Å²) in [4.78, 5) is 0.308. The van der Waals surface area contributed by atoms with Crippen LogP contribution in [0.2, 0.25) is 0 Å². The highest BCUT2D eigenvalue weighted by molar-refractivity contribution is 7.90. The Morgan fingerprint density at radius 2 is 1.50 bits per heavy atom. The van der Waals surface area contributed by atoms with Crippen molar-refractivity contribution < 1.29 is 8.42 Å². The summed E-state index contributed by atoms with van der Waals surface area (Å²) in [5.74, 6) is 0. The second kappa shape index (κ2) is 4.49. The lowest BCUT2D eigenvalue weighted by Gasteiger charge is -2.08. The summed E-state index contributed by atoms with van der Waals surface area (Å²) in [6.07, 6.45) is 1.61. The minimum Gasteiger partial charge on any atom is -0.241 e. The van der Waals surface area contributed by atoms with Gasteiger partial charge in [0.25, 0.3) is 10.0 Å². The fourth-order valence-corrected chi connectivity index (χ4v) is 3.59. The van der Waals surface area contributed by atoms with Gasteiger partial charge in [-0.25, -0.2) is 12.4 Å². The summed E-state index contributed by atoms with van der Waals surface area (Å²) in [6.45, 7) is 3.89. The maximum absolute atomic E-state index is 12.7. The first kappa shape index (κ1) is 12.9. The van der Waals surface area contributed by atoms with E-state index in [0.717, 1.165) is 16.5 Å².